The molecular formula is C12H16FNO3. The molecule has 0 radical (unpaired) electrons. The molecule has 0 bridgehead atoms. The largest absolute Gasteiger partial charge is 0.491 e. The van der Waals surface area contributed by atoms with Crippen LogP contribution in [0.3, 0.4) is 0 Å². The smallest absolute Gasteiger partial charge is 0.326 e. The summed E-state index contributed by atoms with van der Waals surface area (Å²) in [6.45, 7) is 2.59. The zero-order valence-corrected chi connectivity index (χ0v) is 9.90. The minimum absolute atomic E-state index is 0.101. The van der Waals surface area contributed by atoms with E-state index in [2.05, 4.69) is 10.1 Å². The number of likely N-dealkylation sites (N-methyl/N-ethyl adjacent to an activating group) is 1. The summed E-state index contributed by atoms with van der Waals surface area (Å²) in [4.78, 5) is 11.4. The van der Waals surface area contributed by atoms with Crippen molar-refractivity contribution in [2.75, 3.05) is 20.3 Å². The van der Waals surface area contributed by atoms with Crippen LogP contribution in [-0.2, 0) is 9.53 Å². The molecule has 0 heterocycles. The van der Waals surface area contributed by atoms with E-state index in [-0.39, 0.29) is 12.4 Å². The average molecular weight is 241 g/mol. The Kier molecular flexibility index (Phi) is 5.42. The van der Waals surface area contributed by atoms with Crippen molar-refractivity contribution in [1.29, 1.82) is 0 Å². The number of carbonyl (C=O) groups excluding carboxylic acids is 1. The summed E-state index contributed by atoms with van der Waals surface area (Å²) in [6.07, 6.45) is 0. The molecule has 1 rings (SSSR count). The minimum atomic E-state index is -0.548. The summed E-state index contributed by atoms with van der Waals surface area (Å²) < 4.78 is 22.8. The van der Waals surface area contributed by atoms with E-state index in [0.717, 1.165) is 0 Å². The third kappa shape index (κ3) is 4.40. The highest BCUT2D eigenvalue weighted by molar-refractivity contribution is 5.75. The van der Waals surface area contributed by atoms with Gasteiger partial charge < -0.3 is 14.8 Å². The van der Waals surface area contributed by atoms with Crippen molar-refractivity contribution in [2.45, 2.75) is 13.0 Å². The van der Waals surface area contributed by atoms with Crippen molar-refractivity contribution in [1.82, 2.24) is 5.32 Å². The fraction of sp³-hybridized carbons (Fsp3) is 0.417. The van der Waals surface area contributed by atoms with E-state index >= 15 is 0 Å². The second kappa shape index (κ2) is 6.85. The van der Waals surface area contributed by atoms with Crippen LogP contribution in [0.25, 0.3) is 0 Å². The van der Waals surface area contributed by atoms with Crippen LogP contribution in [0.4, 0.5) is 4.39 Å². The predicted molar refractivity (Wildman–Crippen MR) is 61.4 cm³/mol. The van der Waals surface area contributed by atoms with Gasteiger partial charge in [0, 0.05) is 6.07 Å². The van der Waals surface area contributed by atoms with Gasteiger partial charge in [-0.25, -0.2) is 4.39 Å². The Labute approximate surface area is 99.7 Å². The topological polar surface area (TPSA) is 47.6 Å². The third-order valence-corrected chi connectivity index (χ3v) is 2.15. The number of esters is 1. The third-order valence-electron chi connectivity index (χ3n) is 2.15. The van der Waals surface area contributed by atoms with E-state index in [1.165, 1.54) is 19.2 Å². The highest BCUT2D eigenvalue weighted by Crippen LogP contribution is 2.12. The highest BCUT2D eigenvalue weighted by Gasteiger charge is 2.18. The van der Waals surface area contributed by atoms with Gasteiger partial charge in [-0.05, 0) is 18.7 Å². The van der Waals surface area contributed by atoms with Crippen LogP contribution in [-0.4, -0.2) is 32.3 Å². The van der Waals surface area contributed by atoms with E-state index < -0.39 is 12.0 Å². The summed E-state index contributed by atoms with van der Waals surface area (Å²) in [5, 5.41) is 2.92. The molecule has 0 fully saturated rings. The lowest BCUT2D eigenvalue weighted by Crippen LogP contribution is -2.42. The quantitative estimate of drug-likeness (QED) is 0.764. The molecule has 1 aromatic carbocycles. The van der Waals surface area contributed by atoms with Crippen LogP contribution in [0.5, 0.6) is 5.75 Å². The Balaban J connectivity index is 2.54. The molecular weight excluding hydrogens is 225 g/mol. The minimum Gasteiger partial charge on any atom is -0.491 e. The van der Waals surface area contributed by atoms with Gasteiger partial charge in [-0.2, -0.15) is 0 Å². The summed E-state index contributed by atoms with van der Waals surface area (Å²) >= 11 is 0. The van der Waals surface area contributed by atoms with Gasteiger partial charge in [0.1, 0.15) is 24.2 Å². The second-order valence-corrected chi connectivity index (χ2v) is 3.40. The van der Waals surface area contributed by atoms with Gasteiger partial charge in [0.25, 0.3) is 0 Å². The maximum Gasteiger partial charge on any atom is 0.326 e. The lowest BCUT2D eigenvalue weighted by molar-refractivity contribution is -0.143. The van der Waals surface area contributed by atoms with E-state index in [9.17, 15) is 9.18 Å². The zero-order chi connectivity index (χ0) is 12.7. The number of hydrogen-bond acceptors (Lipinski definition) is 4. The second-order valence-electron chi connectivity index (χ2n) is 3.40. The lowest BCUT2D eigenvalue weighted by atomic mass is 10.3. The SMILES string of the molecule is CCNC(COc1cccc(F)c1)C(=O)OC. The van der Waals surface area contributed by atoms with Gasteiger partial charge in [0.05, 0.1) is 7.11 Å². The van der Waals surface area contributed by atoms with E-state index in [1.807, 2.05) is 6.92 Å². The van der Waals surface area contributed by atoms with Gasteiger partial charge >= 0.3 is 5.97 Å². The van der Waals surface area contributed by atoms with Crippen molar-refractivity contribution >= 4 is 5.97 Å². The fourth-order valence-electron chi connectivity index (χ4n) is 1.34. The Morgan fingerprint density at radius 2 is 2.29 bits per heavy atom. The molecule has 5 heteroatoms. The molecule has 1 aromatic rings. The number of ether oxygens (including phenoxy) is 2. The van der Waals surface area contributed by atoms with Gasteiger partial charge in [-0.15, -0.1) is 0 Å². The molecule has 0 saturated carbocycles. The summed E-state index contributed by atoms with van der Waals surface area (Å²) in [7, 11) is 1.31. The number of nitrogens with one attached hydrogen (secondary N) is 1. The first-order valence-electron chi connectivity index (χ1n) is 5.37. The normalized spacial score (nSPS) is 11.9. The molecule has 1 unspecified atom stereocenters. The van der Waals surface area contributed by atoms with Gasteiger partial charge in [-0.3, -0.25) is 4.79 Å². The van der Waals surface area contributed by atoms with Crippen LogP contribution in [0.2, 0.25) is 0 Å². The van der Waals surface area contributed by atoms with Crippen molar-refractivity contribution in [3.63, 3.8) is 0 Å². The average Bonchev–Trinajstić information content (AvgIpc) is 2.33. The number of carbonyl (C=O) groups is 1. The van der Waals surface area contributed by atoms with Crippen molar-refractivity contribution in [3.05, 3.63) is 30.1 Å². The van der Waals surface area contributed by atoms with Crippen LogP contribution >= 0.6 is 0 Å². The summed E-state index contributed by atoms with van der Waals surface area (Å²) in [5.74, 6) is -0.388. The Morgan fingerprint density at radius 3 is 2.88 bits per heavy atom. The maximum absolute atomic E-state index is 12.9. The first kappa shape index (κ1) is 13.4. The van der Waals surface area contributed by atoms with Gasteiger partial charge in [0.15, 0.2) is 0 Å². The number of hydrogen-bond donors (Lipinski definition) is 1. The van der Waals surface area contributed by atoms with E-state index in [4.69, 9.17) is 4.74 Å². The zero-order valence-electron chi connectivity index (χ0n) is 9.90. The van der Waals surface area contributed by atoms with Crippen molar-refractivity contribution in [3.8, 4) is 5.75 Å². The number of rotatable bonds is 6. The monoisotopic (exact) mass is 241 g/mol. The fourth-order valence-corrected chi connectivity index (χ4v) is 1.34. The van der Waals surface area contributed by atoms with Gasteiger partial charge in [0.2, 0.25) is 0 Å². The maximum atomic E-state index is 12.9. The van der Waals surface area contributed by atoms with Crippen LogP contribution in [0.1, 0.15) is 6.92 Å². The molecule has 1 N–H and O–H groups in total. The molecule has 0 aliphatic heterocycles. The molecule has 0 saturated heterocycles. The molecule has 17 heavy (non-hydrogen) atoms. The molecule has 0 aromatic heterocycles. The number of methoxy groups -OCH3 is 1. The van der Waals surface area contributed by atoms with Gasteiger partial charge in [-0.1, -0.05) is 13.0 Å². The summed E-state index contributed by atoms with van der Waals surface area (Å²) in [5.41, 5.74) is 0. The highest BCUT2D eigenvalue weighted by atomic mass is 19.1. The Bertz CT molecular complexity index is 371. The molecule has 1 atom stereocenters. The van der Waals surface area contributed by atoms with Crippen LogP contribution in [0.15, 0.2) is 24.3 Å². The van der Waals surface area contributed by atoms with E-state index in [0.29, 0.717) is 12.3 Å². The Morgan fingerprint density at radius 1 is 1.53 bits per heavy atom. The molecule has 94 valence electrons. The molecule has 0 amide bonds. The molecule has 4 nitrogen and oxygen atoms in total. The lowest BCUT2D eigenvalue weighted by Gasteiger charge is -2.16. The number of benzene rings is 1. The van der Waals surface area contributed by atoms with Crippen molar-refractivity contribution < 1.29 is 18.7 Å². The molecule has 0 spiro atoms. The molecule has 0 aliphatic rings. The van der Waals surface area contributed by atoms with Crippen LogP contribution < -0.4 is 10.1 Å². The first-order chi connectivity index (χ1) is 8.17. The number of halogens is 1. The summed E-state index contributed by atoms with van der Waals surface area (Å²) in [6, 6.07) is 5.22. The standard InChI is InChI=1S/C12H16FNO3/c1-3-14-11(12(15)16-2)8-17-10-6-4-5-9(13)7-10/h4-7,11,14H,3,8H2,1-2H3. The predicted octanol–water partition coefficient (Wildman–Crippen LogP) is 1.36. The van der Waals surface area contributed by atoms with E-state index in [1.54, 1.807) is 12.1 Å². The van der Waals surface area contributed by atoms with Crippen molar-refractivity contribution in [2.24, 2.45) is 0 Å². The molecule has 0 aliphatic carbocycles. The first-order valence-corrected chi connectivity index (χ1v) is 5.37. The Hall–Kier alpha value is -1.62. The van der Waals surface area contributed by atoms with Crippen LogP contribution in [0, 0.1) is 5.82 Å².